The maximum Gasteiger partial charge on any atom is 0.123 e. The smallest absolute Gasteiger partial charge is 0.123 e. The lowest BCUT2D eigenvalue weighted by molar-refractivity contribution is 0.141. The average Bonchev–Trinajstić information content (AvgIpc) is 2.35. The molecule has 1 fully saturated rings. The summed E-state index contributed by atoms with van der Waals surface area (Å²) in [6, 6.07) is 6.98. The van der Waals surface area contributed by atoms with E-state index >= 15 is 0 Å². The molecule has 1 unspecified atom stereocenters. The summed E-state index contributed by atoms with van der Waals surface area (Å²) in [6.45, 7) is 5.09. The van der Waals surface area contributed by atoms with E-state index in [2.05, 4.69) is 11.8 Å². The number of hydrogen-bond donors (Lipinski definition) is 1. The van der Waals surface area contributed by atoms with Gasteiger partial charge in [0.1, 0.15) is 5.82 Å². The van der Waals surface area contributed by atoms with E-state index in [1.807, 2.05) is 12.1 Å². The van der Waals surface area contributed by atoms with Crippen molar-refractivity contribution in [3.8, 4) is 0 Å². The number of halogens is 1. The molecule has 1 aliphatic rings. The first-order chi connectivity index (χ1) is 8.20. The van der Waals surface area contributed by atoms with Crippen LogP contribution in [0.25, 0.3) is 0 Å². The Morgan fingerprint density at radius 2 is 1.88 bits per heavy atom. The van der Waals surface area contributed by atoms with E-state index in [-0.39, 0.29) is 11.9 Å². The molecule has 0 bridgehead atoms. The highest BCUT2D eigenvalue weighted by Gasteiger charge is 2.23. The van der Waals surface area contributed by atoms with Gasteiger partial charge >= 0.3 is 0 Å². The van der Waals surface area contributed by atoms with Gasteiger partial charge in [0.15, 0.2) is 0 Å². The number of piperidine rings is 1. The average molecular weight is 236 g/mol. The second-order valence-electron chi connectivity index (χ2n) is 5.02. The van der Waals surface area contributed by atoms with Crippen LogP contribution in [0, 0.1) is 11.7 Å². The Morgan fingerprint density at radius 3 is 2.41 bits per heavy atom. The van der Waals surface area contributed by atoms with Crippen molar-refractivity contribution in [1.29, 1.82) is 0 Å². The first-order valence-electron chi connectivity index (χ1n) is 6.40. The van der Waals surface area contributed by atoms with Crippen LogP contribution in [0.1, 0.15) is 31.4 Å². The molecule has 1 heterocycles. The first kappa shape index (κ1) is 12.5. The van der Waals surface area contributed by atoms with E-state index in [0.29, 0.717) is 6.54 Å². The van der Waals surface area contributed by atoms with E-state index in [1.165, 1.54) is 25.0 Å². The fourth-order valence-corrected chi connectivity index (χ4v) is 2.52. The molecule has 1 saturated heterocycles. The van der Waals surface area contributed by atoms with Crippen molar-refractivity contribution < 1.29 is 4.39 Å². The number of nitrogens with zero attached hydrogens (tertiary/aromatic N) is 1. The third-order valence-corrected chi connectivity index (χ3v) is 3.74. The molecule has 0 amide bonds. The highest BCUT2D eigenvalue weighted by atomic mass is 19.1. The summed E-state index contributed by atoms with van der Waals surface area (Å²) < 4.78 is 12.9. The molecular formula is C14H21FN2. The van der Waals surface area contributed by atoms with E-state index in [1.54, 1.807) is 0 Å². The molecule has 94 valence electrons. The molecule has 2 N–H and O–H groups in total. The van der Waals surface area contributed by atoms with Crippen molar-refractivity contribution >= 4 is 0 Å². The quantitative estimate of drug-likeness (QED) is 0.874. The number of nitrogens with two attached hydrogens (primary N) is 1. The number of rotatable bonds is 3. The largest absolute Gasteiger partial charge is 0.329 e. The second-order valence-corrected chi connectivity index (χ2v) is 5.02. The summed E-state index contributed by atoms with van der Waals surface area (Å²) in [7, 11) is 0. The SMILES string of the molecule is CC1CCN(C(CN)c2ccc(F)cc2)CC1. The zero-order valence-electron chi connectivity index (χ0n) is 10.4. The van der Waals surface area contributed by atoms with E-state index in [4.69, 9.17) is 5.73 Å². The monoisotopic (exact) mass is 236 g/mol. The maximum atomic E-state index is 12.9. The minimum absolute atomic E-state index is 0.184. The van der Waals surface area contributed by atoms with Crippen LogP contribution in [0.2, 0.25) is 0 Å². The summed E-state index contributed by atoms with van der Waals surface area (Å²) in [6.07, 6.45) is 2.47. The highest BCUT2D eigenvalue weighted by Crippen LogP contribution is 2.26. The van der Waals surface area contributed by atoms with Gasteiger partial charge in [0, 0.05) is 12.6 Å². The molecule has 3 heteroatoms. The van der Waals surface area contributed by atoms with Gasteiger partial charge < -0.3 is 5.73 Å². The minimum Gasteiger partial charge on any atom is -0.329 e. The molecule has 17 heavy (non-hydrogen) atoms. The first-order valence-corrected chi connectivity index (χ1v) is 6.40. The van der Waals surface area contributed by atoms with E-state index in [9.17, 15) is 4.39 Å². The zero-order chi connectivity index (χ0) is 12.3. The van der Waals surface area contributed by atoms with Crippen LogP contribution < -0.4 is 5.73 Å². The van der Waals surface area contributed by atoms with Crippen molar-refractivity contribution in [2.45, 2.75) is 25.8 Å². The van der Waals surface area contributed by atoms with Gasteiger partial charge in [-0.05, 0) is 49.5 Å². The number of hydrogen-bond acceptors (Lipinski definition) is 2. The summed E-state index contributed by atoms with van der Waals surface area (Å²) in [5.74, 6) is 0.634. The van der Waals surface area contributed by atoms with Crippen LogP contribution in [0.5, 0.6) is 0 Å². The molecule has 0 spiro atoms. The van der Waals surface area contributed by atoms with Gasteiger partial charge in [0.25, 0.3) is 0 Å². The Hall–Kier alpha value is -0.930. The molecule has 0 aromatic heterocycles. The van der Waals surface area contributed by atoms with E-state index in [0.717, 1.165) is 24.6 Å². The Bertz CT molecular complexity index is 342. The Morgan fingerprint density at radius 1 is 1.29 bits per heavy atom. The molecule has 1 aromatic rings. The van der Waals surface area contributed by atoms with Crippen molar-refractivity contribution in [3.05, 3.63) is 35.6 Å². The predicted molar refractivity (Wildman–Crippen MR) is 68.2 cm³/mol. The summed E-state index contributed by atoms with van der Waals surface area (Å²) >= 11 is 0. The van der Waals surface area contributed by atoms with Crippen LogP contribution in [0.3, 0.4) is 0 Å². The maximum absolute atomic E-state index is 12.9. The van der Waals surface area contributed by atoms with Crippen LogP contribution in [-0.4, -0.2) is 24.5 Å². The molecule has 2 rings (SSSR count). The van der Waals surface area contributed by atoms with Crippen LogP contribution in [-0.2, 0) is 0 Å². The van der Waals surface area contributed by atoms with Gasteiger partial charge in [-0.25, -0.2) is 4.39 Å². The highest BCUT2D eigenvalue weighted by molar-refractivity contribution is 5.20. The molecule has 0 aliphatic carbocycles. The van der Waals surface area contributed by atoms with Crippen molar-refractivity contribution in [2.24, 2.45) is 11.7 Å². The fourth-order valence-electron chi connectivity index (χ4n) is 2.52. The Kier molecular flexibility index (Phi) is 4.13. The topological polar surface area (TPSA) is 29.3 Å². The lowest BCUT2D eigenvalue weighted by atomic mass is 9.96. The zero-order valence-corrected chi connectivity index (χ0v) is 10.4. The van der Waals surface area contributed by atoms with Crippen LogP contribution in [0.4, 0.5) is 4.39 Å². The third kappa shape index (κ3) is 3.05. The lowest BCUT2D eigenvalue weighted by Gasteiger charge is -2.36. The van der Waals surface area contributed by atoms with Gasteiger partial charge in [0.05, 0.1) is 0 Å². The Balaban J connectivity index is 2.08. The van der Waals surface area contributed by atoms with Gasteiger partial charge in [0.2, 0.25) is 0 Å². The molecule has 1 atom stereocenters. The molecule has 0 radical (unpaired) electrons. The summed E-state index contributed by atoms with van der Waals surface area (Å²) in [5.41, 5.74) is 7.00. The Labute approximate surface area is 103 Å². The lowest BCUT2D eigenvalue weighted by Crippen LogP contribution is -2.39. The number of likely N-dealkylation sites (tertiary alicyclic amines) is 1. The standard InChI is InChI=1S/C14H21FN2/c1-11-6-8-17(9-7-11)14(10-16)12-2-4-13(15)5-3-12/h2-5,11,14H,6-10,16H2,1H3. The molecule has 1 aliphatic heterocycles. The third-order valence-electron chi connectivity index (χ3n) is 3.74. The predicted octanol–water partition coefficient (Wildman–Crippen LogP) is 2.56. The number of benzene rings is 1. The van der Waals surface area contributed by atoms with Gasteiger partial charge in [-0.15, -0.1) is 0 Å². The summed E-state index contributed by atoms with van der Waals surface area (Å²) in [4.78, 5) is 2.42. The molecule has 0 saturated carbocycles. The second kappa shape index (κ2) is 5.61. The van der Waals surface area contributed by atoms with Crippen molar-refractivity contribution in [3.63, 3.8) is 0 Å². The van der Waals surface area contributed by atoms with Crippen LogP contribution >= 0.6 is 0 Å². The van der Waals surface area contributed by atoms with Crippen molar-refractivity contribution in [1.82, 2.24) is 4.90 Å². The van der Waals surface area contributed by atoms with Gasteiger partial charge in [-0.3, -0.25) is 4.90 Å². The molecule has 1 aromatic carbocycles. The molecule has 2 nitrogen and oxygen atoms in total. The van der Waals surface area contributed by atoms with Gasteiger partial charge in [-0.2, -0.15) is 0 Å². The van der Waals surface area contributed by atoms with E-state index < -0.39 is 0 Å². The fraction of sp³-hybridized carbons (Fsp3) is 0.571. The van der Waals surface area contributed by atoms with Gasteiger partial charge in [-0.1, -0.05) is 19.1 Å². The summed E-state index contributed by atoms with van der Waals surface area (Å²) in [5, 5.41) is 0. The molecular weight excluding hydrogens is 215 g/mol. The normalized spacial score (nSPS) is 20.4. The van der Waals surface area contributed by atoms with Crippen LogP contribution in [0.15, 0.2) is 24.3 Å². The van der Waals surface area contributed by atoms with Crippen molar-refractivity contribution in [2.75, 3.05) is 19.6 Å². The minimum atomic E-state index is -0.184.